The summed E-state index contributed by atoms with van der Waals surface area (Å²) in [6.07, 6.45) is -0.182. The Morgan fingerprint density at radius 3 is 2.69 bits per heavy atom. The molecule has 1 aromatic carbocycles. The molecule has 0 unspecified atom stereocenters. The van der Waals surface area contributed by atoms with Gasteiger partial charge in [-0.05, 0) is 40.8 Å². The van der Waals surface area contributed by atoms with E-state index in [0.29, 0.717) is 13.1 Å². The lowest BCUT2D eigenvalue weighted by atomic mass is 10.1. The van der Waals surface area contributed by atoms with E-state index in [0.717, 1.165) is 14.9 Å². The molecule has 3 nitrogen and oxygen atoms in total. The summed E-state index contributed by atoms with van der Waals surface area (Å²) in [4.78, 5) is 2.08. The van der Waals surface area contributed by atoms with Crippen LogP contribution in [0.2, 0.25) is 0 Å². The highest BCUT2D eigenvalue weighted by Gasteiger charge is 2.25. The zero-order valence-corrected chi connectivity index (χ0v) is 9.23. The predicted octanol–water partition coefficient (Wildman–Crippen LogP) is 1.05. The molecule has 0 aliphatic carbocycles. The smallest absolute Gasteiger partial charge is 0.0889 e. The third-order valence-electron chi connectivity index (χ3n) is 2.19. The highest BCUT2D eigenvalue weighted by molar-refractivity contribution is 14.1. The third kappa shape index (κ3) is 1.73. The number of rotatable bonds is 1. The van der Waals surface area contributed by atoms with Gasteiger partial charge >= 0.3 is 0 Å². The number of hydrogen-bond donors (Lipinski definition) is 2. The van der Waals surface area contributed by atoms with Gasteiger partial charge in [0, 0.05) is 16.7 Å². The minimum absolute atomic E-state index is 0.182. The maximum Gasteiger partial charge on any atom is 0.0889 e. The highest BCUT2D eigenvalue weighted by atomic mass is 127. The predicted molar refractivity (Wildman–Crippen MR) is 61.8 cm³/mol. The number of nitrogens with zero attached hydrogens (tertiary/aromatic N) is 1. The van der Waals surface area contributed by atoms with Gasteiger partial charge in [-0.1, -0.05) is 0 Å². The molecule has 0 amide bonds. The van der Waals surface area contributed by atoms with Crippen LogP contribution in [0.4, 0.5) is 11.4 Å². The highest BCUT2D eigenvalue weighted by Crippen LogP contribution is 2.28. The van der Waals surface area contributed by atoms with Crippen molar-refractivity contribution >= 4 is 34.0 Å². The van der Waals surface area contributed by atoms with E-state index < -0.39 is 0 Å². The number of nitrogens with two attached hydrogens (primary N) is 1. The van der Waals surface area contributed by atoms with E-state index in [2.05, 4.69) is 27.5 Å². The fourth-order valence-electron chi connectivity index (χ4n) is 1.47. The molecule has 70 valence electrons. The Hall–Kier alpha value is -0.490. The Bertz CT molecular complexity index is 323. The lowest BCUT2D eigenvalue weighted by Crippen LogP contribution is -2.51. The van der Waals surface area contributed by atoms with Crippen LogP contribution in [0.5, 0.6) is 0 Å². The number of anilines is 2. The van der Waals surface area contributed by atoms with Gasteiger partial charge in [0.2, 0.25) is 0 Å². The summed E-state index contributed by atoms with van der Waals surface area (Å²) >= 11 is 2.23. The minimum atomic E-state index is -0.182. The molecule has 1 aliphatic rings. The van der Waals surface area contributed by atoms with Crippen molar-refractivity contribution in [2.75, 3.05) is 23.7 Å². The minimum Gasteiger partial charge on any atom is -0.397 e. The number of halogens is 1. The molecule has 0 atom stereocenters. The number of benzene rings is 1. The summed E-state index contributed by atoms with van der Waals surface area (Å²) in [6, 6.07) is 5.97. The van der Waals surface area contributed by atoms with Crippen molar-refractivity contribution in [3.05, 3.63) is 21.8 Å². The first-order valence-corrected chi connectivity index (χ1v) is 5.23. The molecule has 0 aromatic heterocycles. The van der Waals surface area contributed by atoms with E-state index in [-0.39, 0.29) is 6.10 Å². The fourth-order valence-corrected chi connectivity index (χ4v) is 1.98. The first kappa shape index (κ1) is 9.08. The molecule has 0 saturated carbocycles. The van der Waals surface area contributed by atoms with Gasteiger partial charge in [0.25, 0.3) is 0 Å². The molecule has 0 spiro atoms. The van der Waals surface area contributed by atoms with Crippen LogP contribution in [0.3, 0.4) is 0 Å². The number of aliphatic hydroxyl groups is 1. The van der Waals surface area contributed by atoms with E-state index in [4.69, 9.17) is 10.8 Å². The molecule has 1 aliphatic heterocycles. The Labute approximate surface area is 90.7 Å². The van der Waals surface area contributed by atoms with E-state index in [9.17, 15) is 0 Å². The summed E-state index contributed by atoms with van der Waals surface area (Å²) in [5, 5.41) is 9.14. The van der Waals surface area contributed by atoms with Gasteiger partial charge < -0.3 is 15.7 Å². The third-order valence-corrected chi connectivity index (χ3v) is 2.86. The summed E-state index contributed by atoms with van der Waals surface area (Å²) in [5.74, 6) is 0. The Morgan fingerprint density at radius 1 is 1.46 bits per heavy atom. The largest absolute Gasteiger partial charge is 0.397 e. The van der Waals surface area contributed by atoms with Gasteiger partial charge in [0.15, 0.2) is 0 Å². The average Bonchev–Trinajstić information content (AvgIpc) is 2.00. The molecule has 1 aromatic rings. The Balaban J connectivity index is 2.21. The second-order valence-electron chi connectivity index (χ2n) is 3.26. The van der Waals surface area contributed by atoms with Crippen LogP contribution in [-0.2, 0) is 0 Å². The van der Waals surface area contributed by atoms with Crippen molar-refractivity contribution in [1.29, 1.82) is 0 Å². The summed E-state index contributed by atoms with van der Waals surface area (Å²) < 4.78 is 1.14. The van der Waals surface area contributed by atoms with Crippen LogP contribution in [0.1, 0.15) is 0 Å². The van der Waals surface area contributed by atoms with Crippen molar-refractivity contribution in [2.24, 2.45) is 0 Å². The number of β-amino-alcohol motifs (C(OH)–C–C–N with tert-alkyl or cyclic N) is 1. The number of aliphatic hydroxyl groups excluding tert-OH is 1. The standard InChI is InChI=1S/C9H11IN2O/c10-6-1-2-9(8(11)3-6)12-4-7(13)5-12/h1-3,7,13H,4-5,11H2. The lowest BCUT2D eigenvalue weighted by molar-refractivity contribution is 0.142. The van der Waals surface area contributed by atoms with Crippen molar-refractivity contribution in [3.63, 3.8) is 0 Å². The zero-order chi connectivity index (χ0) is 9.42. The second-order valence-corrected chi connectivity index (χ2v) is 4.51. The fraction of sp³-hybridized carbons (Fsp3) is 0.333. The molecule has 0 bridgehead atoms. The van der Waals surface area contributed by atoms with E-state index >= 15 is 0 Å². The maximum atomic E-state index is 9.14. The van der Waals surface area contributed by atoms with Gasteiger partial charge in [-0.2, -0.15) is 0 Å². The van der Waals surface area contributed by atoms with Crippen LogP contribution >= 0.6 is 22.6 Å². The van der Waals surface area contributed by atoms with Crippen LogP contribution in [0.15, 0.2) is 18.2 Å². The number of nitrogen functional groups attached to an aromatic ring is 1. The van der Waals surface area contributed by atoms with E-state index in [1.807, 2.05) is 18.2 Å². The lowest BCUT2D eigenvalue weighted by Gasteiger charge is -2.38. The van der Waals surface area contributed by atoms with Crippen molar-refractivity contribution < 1.29 is 5.11 Å². The summed E-state index contributed by atoms with van der Waals surface area (Å²) in [6.45, 7) is 1.40. The van der Waals surface area contributed by atoms with Gasteiger partial charge in [0.1, 0.15) is 0 Å². The molecule has 1 heterocycles. The molecule has 4 heteroatoms. The Morgan fingerprint density at radius 2 is 2.15 bits per heavy atom. The first-order chi connectivity index (χ1) is 6.16. The van der Waals surface area contributed by atoms with Gasteiger partial charge in [-0.25, -0.2) is 0 Å². The molecular weight excluding hydrogens is 279 g/mol. The molecular formula is C9H11IN2O. The number of hydrogen-bond acceptors (Lipinski definition) is 3. The second kappa shape index (κ2) is 3.34. The van der Waals surface area contributed by atoms with E-state index in [1.54, 1.807) is 0 Å². The van der Waals surface area contributed by atoms with Crippen molar-refractivity contribution in [1.82, 2.24) is 0 Å². The van der Waals surface area contributed by atoms with Crippen LogP contribution in [-0.4, -0.2) is 24.3 Å². The molecule has 13 heavy (non-hydrogen) atoms. The molecule has 0 radical (unpaired) electrons. The average molecular weight is 290 g/mol. The molecule has 1 saturated heterocycles. The molecule has 1 fully saturated rings. The van der Waals surface area contributed by atoms with Crippen molar-refractivity contribution in [3.8, 4) is 0 Å². The summed E-state index contributed by atoms with van der Waals surface area (Å²) in [7, 11) is 0. The Kier molecular flexibility index (Phi) is 2.33. The van der Waals surface area contributed by atoms with E-state index in [1.165, 1.54) is 0 Å². The zero-order valence-electron chi connectivity index (χ0n) is 7.07. The van der Waals surface area contributed by atoms with Crippen molar-refractivity contribution in [2.45, 2.75) is 6.10 Å². The van der Waals surface area contributed by atoms with Crippen LogP contribution < -0.4 is 10.6 Å². The van der Waals surface area contributed by atoms with Gasteiger partial charge in [0.05, 0.1) is 17.5 Å². The first-order valence-electron chi connectivity index (χ1n) is 4.15. The van der Waals surface area contributed by atoms with Gasteiger partial charge in [-0.15, -0.1) is 0 Å². The van der Waals surface area contributed by atoms with Crippen LogP contribution in [0.25, 0.3) is 0 Å². The molecule has 3 N–H and O–H groups in total. The topological polar surface area (TPSA) is 49.5 Å². The SMILES string of the molecule is Nc1cc(I)ccc1N1CC(O)C1. The maximum absolute atomic E-state index is 9.14. The summed E-state index contributed by atoms with van der Waals surface area (Å²) in [5.41, 5.74) is 7.67. The van der Waals surface area contributed by atoms with Crippen LogP contribution in [0, 0.1) is 3.57 Å². The molecule has 2 rings (SSSR count). The quantitative estimate of drug-likeness (QED) is 0.600. The van der Waals surface area contributed by atoms with Gasteiger partial charge in [-0.3, -0.25) is 0 Å². The normalized spacial score (nSPS) is 17.2. The monoisotopic (exact) mass is 290 g/mol.